The third-order valence-electron chi connectivity index (χ3n) is 7.57. The summed E-state index contributed by atoms with van der Waals surface area (Å²) in [5.41, 5.74) is 3.66. The summed E-state index contributed by atoms with van der Waals surface area (Å²) in [5, 5.41) is 0.829. The largest absolute Gasteiger partial charge is 0.495 e. The van der Waals surface area contributed by atoms with Crippen molar-refractivity contribution in [3.63, 3.8) is 0 Å². The van der Waals surface area contributed by atoms with Crippen molar-refractivity contribution in [3.05, 3.63) is 35.5 Å². The molecule has 2 unspecified atom stereocenters. The highest BCUT2D eigenvalue weighted by atomic mass is 16.5. The van der Waals surface area contributed by atoms with Crippen LogP contribution in [0, 0.1) is 16.7 Å². The molecule has 1 heterocycles. The van der Waals surface area contributed by atoms with Crippen LogP contribution in [-0.2, 0) is 16.1 Å². The minimum atomic E-state index is -0.294. The minimum absolute atomic E-state index is 0.0202. The molecule has 2 aromatic rings. The molecule has 33 heavy (non-hydrogen) atoms. The molecule has 2 fully saturated rings. The number of aromatic nitrogens is 1. The highest BCUT2D eigenvalue weighted by Crippen LogP contribution is 2.62. The normalized spacial score (nSPS) is 22.9. The van der Waals surface area contributed by atoms with Crippen LogP contribution in [0.25, 0.3) is 17.0 Å². The van der Waals surface area contributed by atoms with Crippen LogP contribution in [0.15, 0.2) is 24.3 Å². The molecule has 1 aromatic carbocycles. The van der Waals surface area contributed by atoms with Crippen LogP contribution in [0.5, 0.6) is 5.75 Å². The van der Waals surface area contributed by atoms with Gasteiger partial charge in [0.1, 0.15) is 5.75 Å². The number of hydrogen-bond donors (Lipinski definition) is 0. The summed E-state index contributed by atoms with van der Waals surface area (Å²) < 4.78 is 12.1. The molecule has 0 aliphatic heterocycles. The van der Waals surface area contributed by atoms with E-state index < -0.39 is 0 Å². The van der Waals surface area contributed by atoms with Crippen molar-refractivity contribution in [2.45, 2.75) is 73.3 Å². The van der Waals surface area contributed by atoms with E-state index in [4.69, 9.17) is 9.47 Å². The number of ether oxygens (including phenoxy) is 2. The summed E-state index contributed by atoms with van der Waals surface area (Å²) in [4.78, 5) is 23.7. The fraction of sp³-hybridized carbons (Fsp3) is 0.571. The maximum absolute atomic E-state index is 12.2. The average molecular weight is 454 g/mol. The third-order valence-corrected chi connectivity index (χ3v) is 7.57. The Bertz CT molecular complexity index is 1060. The van der Waals surface area contributed by atoms with Gasteiger partial charge in [-0.3, -0.25) is 9.59 Å². The van der Waals surface area contributed by atoms with Crippen LogP contribution in [0.2, 0.25) is 0 Å². The molecule has 2 aliphatic rings. The number of ketones is 1. The fourth-order valence-corrected chi connectivity index (χ4v) is 6.19. The number of esters is 1. The number of rotatable bonds is 6. The van der Waals surface area contributed by atoms with Gasteiger partial charge in [0, 0.05) is 11.9 Å². The number of para-hydroxylation sites is 1. The Kier molecular flexibility index (Phi) is 7.40. The van der Waals surface area contributed by atoms with Crippen molar-refractivity contribution in [1.29, 1.82) is 0 Å². The molecular formula is C28H39NO4. The van der Waals surface area contributed by atoms with Gasteiger partial charge in [-0.2, -0.15) is 0 Å². The van der Waals surface area contributed by atoms with E-state index >= 15 is 0 Å². The van der Waals surface area contributed by atoms with E-state index in [1.54, 1.807) is 14.0 Å². The molecule has 0 saturated heterocycles. The first-order valence-corrected chi connectivity index (χ1v) is 12.0. The molecule has 2 aliphatic carbocycles. The summed E-state index contributed by atoms with van der Waals surface area (Å²) in [6.45, 7) is 11.2. The van der Waals surface area contributed by atoms with Crippen LogP contribution in [-0.4, -0.2) is 30.5 Å². The Hall–Kier alpha value is -2.56. The Labute approximate surface area is 198 Å². The van der Waals surface area contributed by atoms with Crippen LogP contribution < -0.4 is 4.74 Å². The lowest BCUT2D eigenvalue weighted by molar-refractivity contribution is -0.140. The first-order chi connectivity index (χ1) is 15.6. The Morgan fingerprint density at radius 2 is 1.94 bits per heavy atom. The maximum atomic E-state index is 12.2. The number of methoxy groups -OCH3 is 2. The van der Waals surface area contributed by atoms with Crippen molar-refractivity contribution in [2.24, 2.45) is 16.7 Å². The zero-order chi connectivity index (χ0) is 24.4. The highest BCUT2D eigenvalue weighted by Gasteiger charge is 2.51. The minimum Gasteiger partial charge on any atom is -0.495 e. The van der Waals surface area contributed by atoms with Gasteiger partial charge >= 0.3 is 5.97 Å². The topological polar surface area (TPSA) is 57.5 Å². The lowest BCUT2D eigenvalue weighted by Gasteiger charge is -2.32. The van der Waals surface area contributed by atoms with Gasteiger partial charge in [0.15, 0.2) is 5.78 Å². The van der Waals surface area contributed by atoms with Crippen molar-refractivity contribution in [1.82, 2.24) is 4.57 Å². The van der Waals surface area contributed by atoms with Gasteiger partial charge in [0.25, 0.3) is 0 Å². The summed E-state index contributed by atoms with van der Waals surface area (Å²) in [6, 6.07) is 5.61. The number of fused-ring (bicyclic) bond motifs is 3. The van der Waals surface area contributed by atoms with Crippen molar-refractivity contribution >= 4 is 28.7 Å². The summed E-state index contributed by atoms with van der Waals surface area (Å²) in [7, 11) is 2.96. The van der Waals surface area contributed by atoms with E-state index in [1.165, 1.54) is 32.8 Å². The molecule has 2 atom stereocenters. The van der Waals surface area contributed by atoms with Gasteiger partial charge in [-0.25, -0.2) is 0 Å². The van der Waals surface area contributed by atoms with Crippen LogP contribution in [0.1, 0.15) is 82.8 Å². The van der Waals surface area contributed by atoms with Gasteiger partial charge in [-0.05, 0) is 68.4 Å². The zero-order valence-electron chi connectivity index (χ0n) is 21.3. The van der Waals surface area contributed by atoms with E-state index in [1.807, 2.05) is 41.8 Å². The smallest absolute Gasteiger partial charge is 0.307 e. The summed E-state index contributed by atoms with van der Waals surface area (Å²) in [6.07, 6.45) is 9.98. The number of carbonyl (C=O) groups excluding carboxylic acids is 2. The molecule has 1 aromatic heterocycles. The van der Waals surface area contributed by atoms with Crippen molar-refractivity contribution in [2.75, 3.05) is 14.2 Å². The van der Waals surface area contributed by atoms with Crippen LogP contribution >= 0.6 is 0 Å². The molecule has 4 rings (SSSR count). The molecule has 2 bridgehead atoms. The first kappa shape index (κ1) is 25.1. The van der Waals surface area contributed by atoms with Gasteiger partial charge in [0.2, 0.25) is 0 Å². The molecule has 0 amide bonds. The van der Waals surface area contributed by atoms with E-state index in [-0.39, 0.29) is 18.2 Å². The van der Waals surface area contributed by atoms with Crippen LogP contribution in [0.4, 0.5) is 0 Å². The Morgan fingerprint density at radius 1 is 1.21 bits per heavy atom. The van der Waals surface area contributed by atoms with Crippen molar-refractivity contribution in [3.8, 4) is 5.75 Å². The molecule has 0 radical (unpaired) electrons. The standard InChI is InChI=1S/C18H21NO4.C10H18/c1-5-7-14-17(12(2)20)13-8-6-9-15(22-3)18(13)19(14)11-10-16(21)23-4;1-9(2)7-10(3)5-4-8(9)6-10/h5-9H,10-11H2,1-4H3;8H,4-7H2,1-3H3/b7-5-;. The van der Waals surface area contributed by atoms with Crippen LogP contribution in [0.3, 0.4) is 0 Å². The lowest BCUT2D eigenvalue weighted by Crippen LogP contribution is -2.22. The number of benzene rings is 1. The number of hydrogen-bond acceptors (Lipinski definition) is 4. The molecule has 180 valence electrons. The number of carbonyl (C=O) groups is 2. The van der Waals surface area contributed by atoms with E-state index in [0.29, 0.717) is 23.3 Å². The van der Waals surface area contributed by atoms with Gasteiger partial charge in [-0.1, -0.05) is 39.0 Å². The molecular weight excluding hydrogens is 414 g/mol. The van der Waals surface area contributed by atoms with Crippen molar-refractivity contribution < 1.29 is 19.1 Å². The van der Waals surface area contributed by atoms with E-state index in [2.05, 4.69) is 20.8 Å². The quantitative estimate of drug-likeness (QED) is 0.362. The molecule has 0 N–H and O–H groups in total. The molecule has 0 spiro atoms. The summed E-state index contributed by atoms with van der Waals surface area (Å²) in [5.74, 6) is 1.41. The molecule has 2 saturated carbocycles. The second-order valence-electron chi connectivity index (χ2n) is 10.6. The Balaban J connectivity index is 0.000000252. The highest BCUT2D eigenvalue weighted by molar-refractivity contribution is 6.11. The predicted molar refractivity (Wildman–Crippen MR) is 134 cm³/mol. The molecule has 5 nitrogen and oxygen atoms in total. The number of nitrogens with zero attached hydrogens (tertiary/aromatic N) is 1. The monoisotopic (exact) mass is 453 g/mol. The lowest BCUT2D eigenvalue weighted by atomic mass is 9.73. The fourth-order valence-electron chi connectivity index (χ4n) is 6.19. The number of Topliss-reactive ketones (excluding diaryl/α,β-unsaturated/α-hetero) is 1. The second-order valence-corrected chi connectivity index (χ2v) is 10.6. The second kappa shape index (κ2) is 9.74. The Morgan fingerprint density at radius 3 is 2.39 bits per heavy atom. The zero-order valence-corrected chi connectivity index (χ0v) is 21.3. The SMILES string of the molecule is C/C=C\c1c(C(C)=O)c2cccc(OC)c2n1CCC(=O)OC.CC12CCC(C1)C(C)(C)C2. The molecule has 5 heteroatoms. The van der Waals surface area contributed by atoms with E-state index in [9.17, 15) is 9.59 Å². The van der Waals surface area contributed by atoms with E-state index in [0.717, 1.165) is 27.9 Å². The third kappa shape index (κ3) is 5.02. The van der Waals surface area contributed by atoms with Gasteiger partial charge in [0.05, 0.1) is 37.4 Å². The predicted octanol–water partition coefficient (Wildman–Crippen LogP) is 6.67. The number of allylic oxidation sites excluding steroid dienone is 1. The first-order valence-electron chi connectivity index (χ1n) is 12.0. The summed E-state index contributed by atoms with van der Waals surface area (Å²) >= 11 is 0. The maximum Gasteiger partial charge on any atom is 0.307 e. The average Bonchev–Trinajstić information content (AvgIpc) is 3.37. The van der Waals surface area contributed by atoms with Gasteiger partial charge in [-0.15, -0.1) is 0 Å². The van der Waals surface area contributed by atoms with Gasteiger partial charge < -0.3 is 14.0 Å². The number of aryl methyl sites for hydroxylation is 1.